The molecule has 74 valence electrons. The minimum Gasteiger partial charge on any atom is -0.250 e. The van der Waals surface area contributed by atoms with E-state index in [1.807, 2.05) is 6.07 Å². The van der Waals surface area contributed by atoms with Crippen LogP contribution in [0.5, 0.6) is 0 Å². The van der Waals surface area contributed by atoms with Gasteiger partial charge in [-0.2, -0.15) is 5.26 Å². The minimum absolute atomic E-state index is 0.0494. The lowest BCUT2D eigenvalue weighted by atomic mass is 10.2. The van der Waals surface area contributed by atoms with Gasteiger partial charge in [0.25, 0.3) is 6.43 Å². The zero-order valence-electron chi connectivity index (χ0n) is 7.39. The molecule has 0 bridgehead atoms. The predicted octanol–water partition coefficient (Wildman–Crippen LogP) is 3.16. The molecule has 1 rings (SSSR count). The number of halogens is 3. The number of pyridine rings is 1. The molecule has 5 heteroatoms. The zero-order chi connectivity index (χ0) is 10.7. The van der Waals surface area contributed by atoms with Gasteiger partial charge in [-0.15, -0.1) is 0 Å². The van der Waals surface area contributed by atoms with E-state index in [1.54, 1.807) is 13.0 Å². The third-order valence-corrected chi connectivity index (χ3v) is 2.72. The summed E-state index contributed by atoms with van der Waals surface area (Å²) >= 11 is 3.04. The van der Waals surface area contributed by atoms with Gasteiger partial charge in [-0.1, -0.05) is 0 Å². The normalized spacial score (nSPS) is 10.3. The summed E-state index contributed by atoms with van der Waals surface area (Å²) in [5.41, 5.74) is 0.749. The van der Waals surface area contributed by atoms with E-state index in [0.717, 1.165) is 0 Å². The molecule has 0 aliphatic heterocycles. The van der Waals surface area contributed by atoms with Gasteiger partial charge in [-0.05, 0) is 34.5 Å². The number of aromatic nitrogens is 1. The summed E-state index contributed by atoms with van der Waals surface area (Å²) in [6.45, 7) is 1.69. The second kappa shape index (κ2) is 4.47. The summed E-state index contributed by atoms with van der Waals surface area (Å²) in [6, 6.07) is 3.50. The fourth-order valence-electron chi connectivity index (χ4n) is 1.07. The van der Waals surface area contributed by atoms with Crippen LogP contribution in [-0.4, -0.2) is 4.98 Å². The third kappa shape index (κ3) is 2.26. The van der Waals surface area contributed by atoms with E-state index in [9.17, 15) is 8.78 Å². The summed E-state index contributed by atoms with van der Waals surface area (Å²) in [5, 5.41) is 8.42. The van der Waals surface area contributed by atoms with Crippen molar-refractivity contribution >= 4 is 15.9 Å². The van der Waals surface area contributed by atoms with Gasteiger partial charge >= 0.3 is 0 Å². The molecular formula is C9H7BrF2N2. The molecule has 1 heterocycles. The monoisotopic (exact) mass is 260 g/mol. The molecular weight excluding hydrogens is 254 g/mol. The Kier molecular flexibility index (Phi) is 3.53. The number of nitrogens with zero attached hydrogens (tertiary/aromatic N) is 2. The highest BCUT2D eigenvalue weighted by molar-refractivity contribution is 9.10. The Labute approximate surface area is 88.7 Å². The van der Waals surface area contributed by atoms with Crippen LogP contribution in [0.2, 0.25) is 0 Å². The van der Waals surface area contributed by atoms with Gasteiger partial charge in [0.15, 0.2) is 0 Å². The summed E-state index contributed by atoms with van der Waals surface area (Å²) in [6.07, 6.45) is -2.57. The van der Waals surface area contributed by atoms with Crippen LogP contribution < -0.4 is 0 Å². The predicted molar refractivity (Wildman–Crippen MR) is 50.9 cm³/mol. The van der Waals surface area contributed by atoms with E-state index in [-0.39, 0.29) is 12.1 Å². The standard InChI is InChI=1S/C9H7BrF2N2/c1-5-4-6(2-3-13)14-8(7(5)10)9(11)12/h4,9H,2H2,1H3. The Bertz CT molecular complexity index is 385. The van der Waals surface area contributed by atoms with Crippen LogP contribution in [0.25, 0.3) is 0 Å². The molecule has 0 saturated heterocycles. The first-order valence-corrected chi connectivity index (χ1v) is 4.66. The minimum atomic E-state index is -2.62. The molecule has 0 saturated carbocycles. The van der Waals surface area contributed by atoms with Crippen molar-refractivity contribution in [2.24, 2.45) is 0 Å². The van der Waals surface area contributed by atoms with Crippen LogP contribution in [0.15, 0.2) is 10.5 Å². The first-order chi connectivity index (χ1) is 6.56. The summed E-state index contributed by atoms with van der Waals surface area (Å²) in [7, 11) is 0. The van der Waals surface area contributed by atoms with E-state index in [4.69, 9.17) is 5.26 Å². The van der Waals surface area contributed by atoms with Crippen molar-refractivity contribution in [3.8, 4) is 6.07 Å². The number of aryl methyl sites for hydroxylation is 1. The number of hydrogen-bond donors (Lipinski definition) is 0. The molecule has 0 aromatic carbocycles. The second-order valence-electron chi connectivity index (χ2n) is 2.77. The number of nitriles is 1. The molecule has 0 aliphatic carbocycles. The Balaban J connectivity index is 3.22. The average Bonchev–Trinajstić information content (AvgIpc) is 2.11. The summed E-state index contributed by atoms with van der Waals surface area (Å²) in [5.74, 6) is 0. The molecule has 0 amide bonds. The van der Waals surface area contributed by atoms with Crippen molar-refractivity contribution in [2.75, 3.05) is 0 Å². The Morgan fingerprint density at radius 1 is 1.64 bits per heavy atom. The topological polar surface area (TPSA) is 36.7 Å². The number of hydrogen-bond acceptors (Lipinski definition) is 2. The Hall–Kier alpha value is -1.02. The van der Waals surface area contributed by atoms with Gasteiger partial charge in [0.2, 0.25) is 0 Å². The highest BCUT2D eigenvalue weighted by atomic mass is 79.9. The molecule has 0 radical (unpaired) electrons. The lowest BCUT2D eigenvalue weighted by molar-refractivity contribution is 0.145. The van der Waals surface area contributed by atoms with Crippen molar-refractivity contribution in [2.45, 2.75) is 19.8 Å². The van der Waals surface area contributed by atoms with Gasteiger partial charge < -0.3 is 0 Å². The molecule has 0 unspecified atom stereocenters. The quantitative estimate of drug-likeness (QED) is 0.819. The molecule has 0 spiro atoms. The van der Waals surface area contributed by atoms with Crippen LogP contribution in [0.4, 0.5) is 8.78 Å². The Morgan fingerprint density at radius 3 is 2.79 bits per heavy atom. The molecule has 0 atom stereocenters. The molecule has 0 N–H and O–H groups in total. The largest absolute Gasteiger partial charge is 0.281 e. The molecule has 2 nitrogen and oxygen atoms in total. The smallest absolute Gasteiger partial charge is 0.250 e. The van der Waals surface area contributed by atoms with E-state index in [2.05, 4.69) is 20.9 Å². The molecule has 0 fully saturated rings. The molecule has 0 aliphatic rings. The molecule has 1 aromatic heterocycles. The molecule has 1 aromatic rings. The van der Waals surface area contributed by atoms with Gasteiger partial charge in [0, 0.05) is 4.47 Å². The zero-order valence-corrected chi connectivity index (χ0v) is 8.98. The van der Waals surface area contributed by atoms with Crippen molar-refractivity contribution in [1.82, 2.24) is 4.98 Å². The van der Waals surface area contributed by atoms with Gasteiger partial charge in [0.05, 0.1) is 18.2 Å². The Morgan fingerprint density at radius 2 is 2.29 bits per heavy atom. The van der Waals surface area contributed by atoms with Crippen molar-refractivity contribution < 1.29 is 8.78 Å². The fourth-order valence-corrected chi connectivity index (χ4v) is 1.44. The lowest BCUT2D eigenvalue weighted by Gasteiger charge is -2.07. The van der Waals surface area contributed by atoms with Crippen LogP contribution >= 0.6 is 15.9 Å². The average molecular weight is 261 g/mol. The first kappa shape index (κ1) is 11.1. The van der Waals surface area contributed by atoms with Crippen LogP contribution in [-0.2, 0) is 6.42 Å². The van der Waals surface area contributed by atoms with Crippen LogP contribution in [0.1, 0.15) is 23.4 Å². The fraction of sp³-hybridized carbons (Fsp3) is 0.333. The van der Waals surface area contributed by atoms with E-state index < -0.39 is 6.43 Å². The van der Waals surface area contributed by atoms with Gasteiger partial charge in [-0.25, -0.2) is 13.8 Å². The number of alkyl halides is 2. The first-order valence-electron chi connectivity index (χ1n) is 3.87. The van der Waals surface area contributed by atoms with E-state index in [0.29, 0.717) is 15.7 Å². The number of rotatable bonds is 2. The second-order valence-corrected chi connectivity index (χ2v) is 3.56. The third-order valence-electron chi connectivity index (χ3n) is 1.69. The maximum absolute atomic E-state index is 12.5. The maximum atomic E-state index is 12.5. The summed E-state index contributed by atoms with van der Waals surface area (Å²) in [4.78, 5) is 3.70. The maximum Gasteiger partial charge on any atom is 0.281 e. The SMILES string of the molecule is Cc1cc(CC#N)nc(C(F)F)c1Br. The molecule has 14 heavy (non-hydrogen) atoms. The van der Waals surface area contributed by atoms with Crippen LogP contribution in [0, 0.1) is 18.3 Å². The van der Waals surface area contributed by atoms with Gasteiger partial charge in [0.1, 0.15) is 5.69 Å². The highest BCUT2D eigenvalue weighted by Crippen LogP contribution is 2.28. The lowest BCUT2D eigenvalue weighted by Crippen LogP contribution is -1.99. The van der Waals surface area contributed by atoms with Gasteiger partial charge in [-0.3, -0.25) is 0 Å². The van der Waals surface area contributed by atoms with Crippen LogP contribution in [0.3, 0.4) is 0 Å². The summed E-state index contributed by atoms with van der Waals surface area (Å²) < 4.78 is 25.2. The van der Waals surface area contributed by atoms with E-state index >= 15 is 0 Å². The highest BCUT2D eigenvalue weighted by Gasteiger charge is 2.16. The van der Waals surface area contributed by atoms with E-state index in [1.165, 1.54) is 0 Å². The van der Waals surface area contributed by atoms with Crippen molar-refractivity contribution in [3.63, 3.8) is 0 Å². The van der Waals surface area contributed by atoms with Crippen molar-refractivity contribution in [3.05, 3.63) is 27.5 Å². The van der Waals surface area contributed by atoms with Crippen molar-refractivity contribution in [1.29, 1.82) is 5.26 Å².